The molecule has 0 aromatic rings. The average Bonchev–Trinajstić information content (AvgIpc) is 2.30. The van der Waals surface area contributed by atoms with Crippen LogP contribution >= 0.6 is 0 Å². The maximum Gasteiger partial charge on any atom is 0.328 e. The molecule has 0 N–H and O–H groups in total. The van der Waals surface area contributed by atoms with Gasteiger partial charge in [0, 0.05) is 0 Å². The van der Waals surface area contributed by atoms with Crippen molar-refractivity contribution in [3.05, 3.63) is 0 Å². The summed E-state index contributed by atoms with van der Waals surface area (Å²) < 4.78 is 5.27. The van der Waals surface area contributed by atoms with Crippen LogP contribution in [-0.4, -0.2) is 33.7 Å². The van der Waals surface area contributed by atoms with Crippen LogP contribution < -0.4 is 0 Å². The summed E-state index contributed by atoms with van der Waals surface area (Å²) in [7, 11) is 0. The Labute approximate surface area is 140 Å². The highest BCUT2D eigenvalue weighted by atomic mass is 16.7. The highest BCUT2D eigenvalue weighted by Gasteiger charge is 2.44. The van der Waals surface area contributed by atoms with Gasteiger partial charge in [0.2, 0.25) is 0 Å². The molecule has 1 atom stereocenters. The van der Waals surface area contributed by atoms with Gasteiger partial charge in [0.25, 0.3) is 0 Å². The van der Waals surface area contributed by atoms with Crippen LogP contribution in [0.3, 0.4) is 0 Å². The minimum atomic E-state index is -0.544. The monoisotopic (exact) mass is 327 g/mol. The molecule has 1 saturated heterocycles. The maximum atomic E-state index is 12.4. The first kappa shape index (κ1) is 19.9. The second kappa shape index (κ2) is 6.80. The summed E-state index contributed by atoms with van der Waals surface area (Å²) in [5, 5.41) is 1.82. The average molecular weight is 327 g/mol. The molecule has 0 aromatic carbocycles. The van der Waals surface area contributed by atoms with E-state index in [-0.39, 0.29) is 29.4 Å². The largest absolute Gasteiger partial charge is 0.460 e. The predicted octanol–water partition coefficient (Wildman–Crippen LogP) is 3.86. The van der Waals surface area contributed by atoms with E-state index in [0.29, 0.717) is 0 Å². The molecule has 1 unspecified atom stereocenters. The van der Waals surface area contributed by atoms with E-state index in [1.165, 1.54) is 0 Å². The number of piperidine rings is 1. The molecule has 0 saturated carbocycles. The van der Waals surface area contributed by atoms with Crippen LogP contribution in [0.5, 0.6) is 0 Å². The second-order valence-corrected chi connectivity index (χ2v) is 8.87. The van der Waals surface area contributed by atoms with Gasteiger partial charge in [0.05, 0.1) is 23.4 Å². The molecular formula is C18H33NO4. The van der Waals surface area contributed by atoms with Gasteiger partial charge in [0.1, 0.15) is 5.60 Å². The highest BCUT2D eigenvalue weighted by molar-refractivity contribution is 5.79. The lowest BCUT2D eigenvalue weighted by molar-refractivity contribution is -0.268. The van der Waals surface area contributed by atoms with Crippen molar-refractivity contribution in [2.75, 3.05) is 0 Å². The van der Waals surface area contributed by atoms with E-state index in [1.54, 1.807) is 6.92 Å². The molecule has 5 heteroatoms. The van der Waals surface area contributed by atoms with E-state index in [0.717, 1.165) is 19.3 Å². The summed E-state index contributed by atoms with van der Waals surface area (Å²) in [6.07, 6.45) is 3.10. The number of hydrogen-bond donors (Lipinski definition) is 0. The first-order valence-corrected chi connectivity index (χ1v) is 8.49. The molecule has 1 rings (SSSR count). The molecule has 1 aliphatic heterocycles. The first-order chi connectivity index (χ1) is 10.2. The zero-order valence-electron chi connectivity index (χ0n) is 16.0. The van der Waals surface area contributed by atoms with Crippen LogP contribution in [0.1, 0.15) is 81.1 Å². The van der Waals surface area contributed by atoms with Crippen LogP contribution in [0.4, 0.5) is 0 Å². The fourth-order valence-corrected chi connectivity index (χ4v) is 3.12. The third kappa shape index (κ3) is 5.79. The van der Waals surface area contributed by atoms with Gasteiger partial charge in [-0.05, 0) is 67.7 Å². The predicted molar refractivity (Wildman–Crippen MR) is 89.6 cm³/mol. The Hall–Kier alpha value is -1.10. The van der Waals surface area contributed by atoms with Gasteiger partial charge >= 0.3 is 11.9 Å². The van der Waals surface area contributed by atoms with Crippen molar-refractivity contribution in [2.45, 2.75) is 97.8 Å². The van der Waals surface area contributed by atoms with Crippen molar-refractivity contribution in [3.63, 3.8) is 0 Å². The zero-order chi connectivity index (χ0) is 18.1. The van der Waals surface area contributed by atoms with Crippen molar-refractivity contribution in [3.8, 4) is 0 Å². The number of carbonyl (C=O) groups excluding carboxylic acids is 2. The van der Waals surface area contributed by atoms with Crippen LogP contribution in [-0.2, 0) is 19.2 Å². The van der Waals surface area contributed by atoms with Crippen LogP contribution in [0.25, 0.3) is 0 Å². The summed E-state index contributed by atoms with van der Waals surface area (Å²) in [6.45, 7) is 15.5. The van der Waals surface area contributed by atoms with E-state index < -0.39 is 11.5 Å². The van der Waals surface area contributed by atoms with Crippen LogP contribution in [0.15, 0.2) is 0 Å². The minimum Gasteiger partial charge on any atom is -0.460 e. The van der Waals surface area contributed by atoms with E-state index in [4.69, 9.17) is 9.57 Å². The lowest BCUT2D eigenvalue weighted by Crippen LogP contribution is -2.59. The lowest BCUT2D eigenvalue weighted by atomic mass is 9.82. The van der Waals surface area contributed by atoms with E-state index in [2.05, 4.69) is 27.7 Å². The van der Waals surface area contributed by atoms with Crippen LogP contribution in [0.2, 0.25) is 0 Å². The van der Waals surface area contributed by atoms with Gasteiger partial charge in [-0.1, -0.05) is 6.92 Å². The van der Waals surface area contributed by atoms with Gasteiger partial charge < -0.3 is 9.57 Å². The molecule has 0 amide bonds. The standard InChI is InChI=1S/C18H33NO4/c1-13(12-14(20)22-16(2,3)4)15(21)23-19-17(5,6)10-9-11-18(19,7)8/h13H,9-12H2,1-8H3. The quantitative estimate of drug-likeness (QED) is 0.734. The number of nitrogens with zero attached hydrogens (tertiary/aromatic N) is 1. The van der Waals surface area contributed by atoms with Gasteiger partial charge in [-0.2, -0.15) is 0 Å². The molecule has 1 fully saturated rings. The lowest BCUT2D eigenvalue weighted by Gasteiger charge is -2.50. The molecule has 5 nitrogen and oxygen atoms in total. The fourth-order valence-electron chi connectivity index (χ4n) is 3.12. The molecule has 0 aromatic heterocycles. The zero-order valence-corrected chi connectivity index (χ0v) is 16.0. The van der Waals surface area contributed by atoms with Gasteiger partial charge in [0.15, 0.2) is 0 Å². The summed E-state index contributed by atoms with van der Waals surface area (Å²) in [5.74, 6) is -1.28. The van der Waals surface area contributed by atoms with Crippen molar-refractivity contribution in [2.24, 2.45) is 5.92 Å². The van der Waals surface area contributed by atoms with Crippen molar-refractivity contribution < 1.29 is 19.2 Å². The van der Waals surface area contributed by atoms with Gasteiger partial charge in [-0.25, -0.2) is 0 Å². The third-order valence-corrected chi connectivity index (χ3v) is 4.15. The molecule has 0 aliphatic carbocycles. The molecule has 1 heterocycles. The Balaban J connectivity index is 2.68. The number of carbonyl (C=O) groups is 2. The minimum absolute atomic E-state index is 0.0325. The Morgan fingerprint density at radius 2 is 1.57 bits per heavy atom. The SMILES string of the molecule is CC(CC(=O)OC(C)(C)C)C(=O)ON1C(C)(C)CCCC1(C)C. The molecular weight excluding hydrogens is 294 g/mol. The molecule has 134 valence electrons. The molecule has 0 bridgehead atoms. The number of hydrogen-bond acceptors (Lipinski definition) is 5. The first-order valence-electron chi connectivity index (χ1n) is 8.49. The highest BCUT2D eigenvalue weighted by Crippen LogP contribution is 2.38. The molecule has 23 heavy (non-hydrogen) atoms. The van der Waals surface area contributed by atoms with Gasteiger partial charge in [-0.15, -0.1) is 5.06 Å². The summed E-state index contributed by atoms with van der Waals surface area (Å²) in [5.41, 5.74) is -0.955. The van der Waals surface area contributed by atoms with Crippen LogP contribution in [0, 0.1) is 5.92 Å². The topological polar surface area (TPSA) is 55.8 Å². The Bertz CT molecular complexity index is 432. The summed E-state index contributed by atoms with van der Waals surface area (Å²) >= 11 is 0. The Kier molecular flexibility index (Phi) is 5.89. The van der Waals surface area contributed by atoms with Gasteiger partial charge in [-0.3, -0.25) is 9.59 Å². The maximum absolute atomic E-state index is 12.4. The number of ether oxygens (including phenoxy) is 1. The van der Waals surface area contributed by atoms with Crippen molar-refractivity contribution in [1.82, 2.24) is 5.06 Å². The second-order valence-electron chi connectivity index (χ2n) is 8.87. The summed E-state index contributed by atoms with van der Waals surface area (Å²) in [6, 6.07) is 0. The van der Waals surface area contributed by atoms with E-state index >= 15 is 0 Å². The normalized spacial score (nSPS) is 22.3. The van der Waals surface area contributed by atoms with Crippen molar-refractivity contribution >= 4 is 11.9 Å². The number of rotatable bonds is 4. The third-order valence-electron chi connectivity index (χ3n) is 4.15. The Morgan fingerprint density at radius 3 is 2.00 bits per heavy atom. The molecule has 1 aliphatic rings. The van der Waals surface area contributed by atoms with E-state index in [9.17, 15) is 9.59 Å². The molecule has 0 radical (unpaired) electrons. The van der Waals surface area contributed by atoms with Crippen molar-refractivity contribution in [1.29, 1.82) is 0 Å². The number of esters is 1. The Morgan fingerprint density at radius 1 is 1.09 bits per heavy atom. The molecule has 0 spiro atoms. The smallest absolute Gasteiger partial charge is 0.328 e. The van der Waals surface area contributed by atoms with E-state index in [1.807, 2.05) is 25.8 Å². The summed E-state index contributed by atoms with van der Waals surface area (Å²) in [4.78, 5) is 30.0. The number of hydroxylamine groups is 2. The fraction of sp³-hybridized carbons (Fsp3) is 0.889.